The van der Waals surface area contributed by atoms with E-state index in [4.69, 9.17) is 9.26 Å². The van der Waals surface area contributed by atoms with Crippen LogP contribution in [0.5, 0.6) is 0 Å². The number of ether oxygens (including phenoxy) is 1. The zero-order valence-corrected chi connectivity index (χ0v) is 15.5. The van der Waals surface area contributed by atoms with Crippen LogP contribution in [0.2, 0.25) is 0 Å². The summed E-state index contributed by atoms with van der Waals surface area (Å²) in [4.78, 5) is 26.5. The first-order chi connectivity index (χ1) is 13.1. The van der Waals surface area contributed by atoms with E-state index in [0.29, 0.717) is 24.1 Å². The average molecular weight is 369 g/mol. The van der Waals surface area contributed by atoms with Crippen molar-refractivity contribution in [2.75, 3.05) is 13.2 Å². The first kappa shape index (κ1) is 17.7. The third-order valence-corrected chi connectivity index (χ3v) is 4.73. The summed E-state index contributed by atoms with van der Waals surface area (Å²) >= 11 is 0. The second kappa shape index (κ2) is 7.48. The van der Waals surface area contributed by atoms with Crippen molar-refractivity contribution < 1.29 is 14.1 Å². The molecular weight excluding hydrogens is 346 g/mol. The molecule has 27 heavy (non-hydrogen) atoms. The zero-order chi connectivity index (χ0) is 18.8. The predicted molar refractivity (Wildman–Crippen MR) is 97.8 cm³/mol. The van der Waals surface area contributed by atoms with Crippen LogP contribution in [0.15, 0.2) is 28.8 Å². The van der Waals surface area contributed by atoms with E-state index in [-0.39, 0.29) is 31.1 Å². The van der Waals surface area contributed by atoms with Crippen LogP contribution in [0.4, 0.5) is 0 Å². The minimum absolute atomic E-state index is 0.00127. The van der Waals surface area contributed by atoms with Gasteiger partial charge in [0, 0.05) is 12.5 Å². The maximum atomic E-state index is 12.6. The van der Waals surface area contributed by atoms with Crippen LogP contribution >= 0.6 is 0 Å². The largest absolute Gasteiger partial charge is 0.364 e. The molecule has 142 valence electrons. The second-order valence-electron chi connectivity index (χ2n) is 7.08. The molecule has 0 aliphatic carbocycles. The molecule has 0 spiro atoms. The zero-order valence-electron chi connectivity index (χ0n) is 15.5. The summed E-state index contributed by atoms with van der Waals surface area (Å²) in [7, 11) is 0. The summed E-state index contributed by atoms with van der Waals surface area (Å²) in [5.41, 5.74) is 1.85. The van der Waals surface area contributed by atoms with Gasteiger partial charge in [0.15, 0.2) is 5.82 Å². The molecule has 8 heteroatoms. The van der Waals surface area contributed by atoms with E-state index in [0.717, 1.165) is 23.9 Å². The Morgan fingerprint density at radius 3 is 3.00 bits per heavy atom. The van der Waals surface area contributed by atoms with Gasteiger partial charge in [-0.2, -0.15) is 4.98 Å². The number of H-pyrrole nitrogens is 1. The summed E-state index contributed by atoms with van der Waals surface area (Å²) in [6.45, 7) is 4.96. The number of carbonyl (C=O) groups excluding carboxylic acids is 1. The van der Waals surface area contributed by atoms with Gasteiger partial charge in [-0.15, -0.1) is 0 Å². The number of nitrogens with one attached hydrogen (secondary N) is 1. The van der Waals surface area contributed by atoms with Crippen LogP contribution < -0.4 is 0 Å². The molecule has 3 aromatic rings. The molecule has 1 atom stereocenters. The van der Waals surface area contributed by atoms with Gasteiger partial charge < -0.3 is 19.1 Å². The van der Waals surface area contributed by atoms with Crippen LogP contribution in [0, 0.1) is 0 Å². The summed E-state index contributed by atoms with van der Waals surface area (Å²) in [5, 5.41) is 4.01. The van der Waals surface area contributed by atoms with E-state index in [1.54, 1.807) is 4.90 Å². The van der Waals surface area contributed by atoms with E-state index < -0.39 is 0 Å². The molecule has 1 aliphatic rings. The number of fused-ring (bicyclic) bond motifs is 1. The first-order valence-electron chi connectivity index (χ1n) is 9.26. The summed E-state index contributed by atoms with van der Waals surface area (Å²) in [5.74, 6) is 2.02. The van der Waals surface area contributed by atoms with Gasteiger partial charge in [0.25, 0.3) is 0 Å². The highest BCUT2D eigenvalue weighted by molar-refractivity contribution is 5.78. The second-order valence-corrected chi connectivity index (χ2v) is 7.08. The fourth-order valence-corrected chi connectivity index (χ4v) is 3.33. The van der Waals surface area contributed by atoms with Gasteiger partial charge in [-0.05, 0) is 25.0 Å². The lowest BCUT2D eigenvalue weighted by Crippen LogP contribution is -2.33. The number of carbonyl (C=O) groups is 1. The number of para-hydroxylation sites is 2. The fourth-order valence-electron chi connectivity index (χ4n) is 3.33. The molecule has 3 heterocycles. The number of rotatable bonds is 6. The molecule has 0 radical (unpaired) electrons. The number of hydrogen-bond acceptors (Lipinski definition) is 6. The molecule has 8 nitrogen and oxygen atoms in total. The molecule has 1 N–H and O–H groups in total. The maximum Gasteiger partial charge on any atom is 0.249 e. The maximum absolute atomic E-state index is 12.6. The number of imidazole rings is 1. The summed E-state index contributed by atoms with van der Waals surface area (Å²) in [6.07, 6.45) is 1.74. The van der Waals surface area contributed by atoms with Crippen LogP contribution in [0.1, 0.15) is 56.2 Å². The van der Waals surface area contributed by atoms with E-state index in [1.165, 1.54) is 0 Å². The van der Waals surface area contributed by atoms with Crippen molar-refractivity contribution in [3.8, 4) is 0 Å². The van der Waals surface area contributed by atoms with Gasteiger partial charge >= 0.3 is 0 Å². The van der Waals surface area contributed by atoms with E-state index in [9.17, 15) is 4.79 Å². The van der Waals surface area contributed by atoms with Crippen molar-refractivity contribution in [1.29, 1.82) is 0 Å². The molecule has 4 rings (SSSR count). The SMILES string of the molecule is CC(C)c1noc([C@@H]2CCCN2C(=O)COCc2nc3ccccc3[nH]2)n1. The predicted octanol–water partition coefficient (Wildman–Crippen LogP) is 2.95. The average Bonchev–Trinajstić information content (AvgIpc) is 3.38. The number of aromatic nitrogens is 4. The Balaban J connectivity index is 1.35. The summed E-state index contributed by atoms with van der Waals surface area (Å²) < 4.78 is 11.0. The van der Waals surface area contributed by atoms with Crippen molar-refractivity contribution in [3.63, 3.8) is 0 Å². The molecule has 0 bridgehead atoms. The Morgan fingerprint density at radius 1 is 1.37 bits per heavy atom. The first-order valence-corrected chi connectivity index (χ1v) is 9.26. The highest BCUT2D eigenvalue weighted by atomic mass is 16.5. The molecule has 0 unspecified atom stereocenters. The molecular formula is C19H23N5O3. The van der Waals surface area contributed by atoms with E-state index in [2.05, 4.69) is 20.1 Å². The molecule has 1 aromatic carbocycles. The Morgan fingerprint density at radius 2 is 2.22 bits per heavy atom. The Bertz CT molecular complexity index is 899. The van der Waals surface area contributed by atoms with Crippen molar-refractivity contribution >= 4 is 16.9 Å². The van der Waals surface area contributed by atoms with Gasteiger partial charge in [0.05, 0.1) is 11.0 Å². The molecule has 1 aliphatic heterocycles. The Labute approximate surface area is 156 Å². The number of benzene rings is 1. The minimum atomic E-state index is -0.160. The van der Waals surface area contributed by atoms with E-state index in [1.807, 2.05) is 38.1 Å². The van der Waals surface area contributed by atoms with Gasteiger partial charge in [0.2, 0.25) is 11.8 Å². The number of hydrogen-bond donors (Lipinski definition) is 1. The quantitative estimate of drug-likeness (QED) is 0.717. The lowest BCUT2D eigenvalue weighted by atomic mass is 10.2. The Kier molecular flexibility index (Phi) is 4.89. The van der Waals surface area contributed by atoms with Crippen LogP contribution in [0.25, 0.3) is 11.0 Å². The van der Waals surface area contributed by atoms with Crippen molar-refractivity contribution in [2.45, 2.75) is 45.3 Å². The molecule has 1 fully saturated rings. The highest BCUT2D eigenvalue weighted by Crippen LogP contribution is 2.31. The molecule has 1 amide bonds. The Hall–Kier alpha value is -2.74. The number of likely N-dealkylation sites (tertiary alicyclic amines) is 1. The third kappa shape index (κ3) is 3.71. The number of nitrogens with zero attached hydrogens (tertiary/aromatic N) is 4. The van der Waals surface area contributed by atoms with Crippen molar-refractivity contribution in [1.82, 2.24) is 25.0 Å². The lowest BCUT2D eigenvalue weighted by Gasteiger charge is -2.21. The monoisotopic (exact) mass is 369 g/mol. The van der Waals surface area contributed by atoms with Gasteiger partial charge in [-0.1, -0.05) is 31.1 Å². The van der Waals surface area contributed by atoms with Crippen LogP contribution in [-0.4, -0.2) is 44.1 Å². The van der Waals surface area contributed by atoms with Gasteiger partial charge in [-0.25, -0.2) is 4.98 Å². The standard InChI is InChI=1S/C19H23N5O3/c1-12(2)18-22-19(27-23-18)15-8-5-9-24(15)17(25)11-26-10-16-20-13-6-3-4-7-14(13)21-16/h3-4,6-7,12,15H,5,8-11H2,1-2H3,(H,20,21)/t15-/m0/s1. The number of aromatic amines is 1. The molecule has 1 saturated heterocycles. The van der Waals surface area contributed by atoms with Gasteiger partial charge in [-0.3, -0.25) is 4.79 Å². The van der Waals surface area contributed by atoms with Gasteiger partial charge in [0.1, 0.15) is 25.1 Å². The smallest absolute Gasteiger partial charge is 0.249 e. The highest BCUT2D eigenvalue weighted by Gasteiger charge is 2.34. The summed E-state index contributed by atoms with van der Waals surface area (Å²) in [6, 6.07) is 7.62. The lowest BCUT2D eigenvalue weighted by molar-refractivity contribution is -0.138. The van der Waals surface area contributed by atoms with Crippen molar-refractivity contribution in [2.24, 2.45) is 0 Å². The minimum Gasteiger partial charge on any atom is -0.364 e. The molecule has 0 saturated carbocycles. The van der Waals surface area contributed by atoms with Crippen molar-refractivity contribution in [3.05, 3.63) is 41.8 Å². The van der Waals surface area contributed by atoms with Crippen LogP contribution in [0.3, 0.4) is 0 Å². The molecule has 2 aromatic heterocycles. The third-order valence-electron chi connectivity index (χ3n) is 4.73. The fraction of sp³-hybridized carbons (Fsp3) is 0.474. The van der Waals surface area contributed by atoms with Crippen LogP contribution in [-0.2, 0) is 16.1 Å². The normalized spacial score (nSPS) is 17.3. The number of amides is 1. The topological polar surface area (TPSA) is 97.1 Å². The van der Waals surface area contributed by atoms with E-state index >= 15 is 0 Å².